The van der Waals surface area contributed by atoms with Gasteiger partial charge in [-0.05, 0) is 10.8 Å². The maximum absolute atomic E-state index is 11.5. The minimum Gasteiger partial charge on any atom is -0.502 e. The normalized spacial score (nSPS) is 11.4. The average Bonchev–Trinajstić information content (AvgIpc) is 2.81. The van der Waals surface area contributed by atoms with E-state index < -0.39 is 21.7 Å². The molecule has 130 valence electrons. The van der Waals surface area contributed by atoms with E-state index in [9.17, 15) is 18.3 Å². The molecule has 0 spiro atoms. The predicted molar refractivity (Wildman–Crippen MR) is 93.1 cm³/mol. The standard InChI is InChI=1S/C17H15NO6S/c1-10(19)23-16-14(20)15(24-17(16)18-25(2,21)22)13-9-5-7-11-6-3-4-8-12(11)13/h3-9,18,20H,1-2H3. The number of fused-ring (bicyclic) bond motifs is 1. The van der Waals surface area contributed by atoms with Crippen LogP contribution < -0.4 is 9.46 Å². The van der Waals surface area contributed by atoms with E-state index in [1.54, 1.807) is 12.1 Å². The van der Waals surface area contributed by atoms with Gasteiger partial charge in [0.15, 0.2) is 5.76 Å². The Hall–Kier alpha value is -3.00. The summed E-state index contributed by atoms with van der Waals surface area (Å²) < 4.78 is 35.6. The molecular weight excluding hydrogens is 346 g/mol. The minimum absolute atomic E-state index is 0.000741. The number of rotatable bonds is 4. The van der Waals surface area contributed by atoms with Crippen LogP contribution in [-0.2, 0) is 14.8 Å². The number of hydrogen-bond donors (Lipinski definition) is 2. The molecule has 0 unspecified atom stereocenters. The molecular formula is C17H15NO6S. The first kappa shape index (κ1) is 16.8. The highest BCUT2D eigenvalue weighted by Crippen LogP contribution is 2.47. The average molecular weight is 361 g/mol. The molecule has 25 heavy (non-hydrogen) atoms. The third-order valence-electron chi connectivity index (χ3n) is 3.40. The van der Waals surface area contributed by atoms with E-state index in [1.807, 2.05) is 30.3 Å². The van der Waals surface area contributed by atoms with E-state index in [4.69, 9.17) is 9.15 Å². The zero-order chi connectivity index (χ0) is 18.2. The van der Waals surface area contributed by atoms with Gasteiger partial charge in [-0.15, -0.1) is 0 Å². The topological polar surface area (TPSA) is 106 Å². The fraction of sp³-hybridized carbons (Fsp3) is 0.118. The van der Waals surface area contributed by atoms with Crippen LogP contribution in [0.2, 0.25) is 0 Å². The largest absolute Gasteiger partial charge is 0.502 e. The second-order valence-corrected chi connectivity index (χ2v) is 7.18. The van der Waals surface area contributed by atoms with Crippen molar-refractivity contribution in [1.82, 2.24) is 0 Å². The Bertz CT molecular complexity index is 1060. The van der Waals surface area contributed by atoms with E-state index in [0.29, 0.717) is 5.56 Å². The second kappa shape index (κ2) is 6.14. The number of sulfonamides is 1. The van der Waals surface area contributed by atoms with Crippen molar-refractivity contribution in [1.29, 1.82) is 0 Å². The van der Waals surface area contributed by atoms with Gasteiger partial charge in [0.1, 0.15) is 0 Å². The molecule has 0 saturated heterocycles. The molecule has 3 aromatic rings. The summed E-state index contributed by atoms with van der Waals surface area (Å²) in [5.41, 5.74) is 0.533. The van der Waals surface area contributed by atoms with E-state index in [1.165, 1.54) is 0 Å². The zero-order valence-electron chi connectivity index (χ0n) is 13.4. The fourth-order valence-electron chi connectivity index (χ4n) is 2.49. The molecule has 0 aliphatic carbocycles. The number of nitrogens with one attached hydrogen (secondary N) is 1. The summed E-state index contributed by atoms with van der Waals surface area (Å²) in [5.74, 6) is -1.92. The summed E-state index contributed by atoms with van der Waals surface area (Å²) in [6, 6.07) is 12.8. The molecule has 1 heterocycles. The SMILES string of the molecule is CC(=O)Oc1c(NS(C)(=O)=O)oc(-c2cccc3ccccc23)c1O. The number of aromatic hydroxyl groups is 1. The summed E-state index contributed by atoms with van der Waals surface area (Å²) >= 11 is 0. The first-order chi connectivity index (χ1) is 11.8. The summed E-state index contributed by atoms with van der Waals surface area (Å²) in [5, 5.41) is 12.2. The van der Waals surface area contributed by atoms with Gasteiger partial charge in [-0.1, -0.05) is 42.5 Å². The highest BCUT2D eigenvalue weighted by Gasteiger charge is 2.26. The molecule has 0 aliphatic rings. The summed E-state index contributed by atoms with van der Waals surface area (Å²) in [6.07, 6.45) is 0.918. The van der Waals surface area contributed by atoms with Crippen molar-refractivity contribution in [2.75, 3.05) is 11.0 Å². The molecule has 0 bridgehead atoms. The summed E-state index contributed by atoms with van der Waals surface area (Å²) in [7, 11) is -3.71. The molecule has 8 heteroatoms. The highest BCUT2D eigenvalue weighted by molar-refractivity contribution is 7.92. The van der Waals surface area contributed by atoms with Crippen molar-refractivity contribution in [3.63, 3.8) is 0 Å². The second-order valence-electron chi connectivity index (χ2n) is 5.43. The molecule has 0 saturated carbocycles. The third-order valence-corrected chi connectivity index (χ3v) is 3.95. The Labute approximate surface area is 143 Å². The maximum atomic E-state index is 11.5. The summed E-state index contributed by atoms with van der Waals surface area (Å²) in [6.45, 7) is 1.13. The van der Waals surface area contributed by atoms with Gasteiger partial charge in [0.25, 0.3) is 5.88 Å². The lowest BCUT2D eigenvalue weighted by Crippen LogP contribution is -2.11. The van der Waals surface area contributed by atoms with Crippen molar-refractivity contribution in [3.05, 3.63) is 42.5 Å². The molecule has 0 amide bonds. The van der Waals surface area contributed by atoms with E-state index >= 15 is 0 Å². The highest BCUT2D eigenvalue weighted by atomic mass is 32.2. The van der Waals surface area contributed by atoms with Crippen molar-refractivity contribution >= 4 is 32.6 Å². The molecule has 3 rings (SSSR count). The van der Waals surface area contributed by atoms with Crippen LogP contribution >= 0.6 is 0 Å². The predicted octanol–water partition coefficient (Wildman–Crippen LogP) is 3.10. The smallest absolute Gasteiger partial charge is 0.308 e. The van der Waals surface area contributed by atoms with Gasteiger partial charge < -0.3 is 14.3 Å². The molecule has 0 atom stereocenters. The van der Waals surface area contributed by atoms with Crippen molar-refractivity contribution < 1.29 is 27.5 Å². The Kier molecular flexibility index (Phi) is 4.13. The Morgan fingerprint density at radius 1 is 1.16 bits per heavy atom. The van der Waals surface area contributed by atoms with Crippen LogP contribution in [0.15, 0.2) is 46.9 Å². The van der Waals surface area contributed by atoms with Gasteiger partial charge in [-0.2, -0.15) is 0 Å². The van der Waals surface area contributed by atoms with E-state index in [-0.39, 0.29) is 17.4 Å². The number of hydrogen-bond acceptors (Lipinski definition) is 6. The lowest BCUT2D eigenvalue weighted by atomic mass is 10.0. The van der Waals surface area contributed by atoms with Gasteiger partial charge in [0.2, 0.25) is 21.5 Å². The van der Waals surface area contributed by atoms with E-state index in [2.05, 4.69) is 4.72 Å². The van der Waals surface area contributed by atoms with Crippen molar-refractivity contribution in [3.8, 4) is 22.8 Å². The Morgan fingerprint density at radius 3 is 2.52 bits per heavy atom. The molecule has 2 N–H and O–H groups in total. The monoisotopic (exact) mass is 361 g/mol. The van der Waals surface area contributed by atoms with E-state index in [0.717, 1.165) is 24.0 Å². The number of carbonyl (C=O) groups excluding carboxylic acids is 1. The van der Waals surface area contributed by atoms with Crippen LogP contribution in [-0.4, -0.2) is 25.7 Å². The van der Waals surface area contributed by atoms with Crippen molar-refractivity contribution in [2.45, 2.75) is 6.92 Å². The van der Waals surface area contributed by atoms with Crippen LogP contribution in [0.4, 0.5) is 5.88 Å². The quantitative estimate of drug-likeness (QED) is 0.692. The third kappa shape index (κ3) is 3.43. The molecule has 2 aromatic carbocycles. The van der Waals surface area contributed by atoms with Crippen LogP contribution in [0, 0.1) is 0 Å². The number of ether oxygens (including phenoxy) is 1. The first-order valence-electron chi connectivity index (χ1n) is 7.26. The van der Waals surface area contributed by atoms with Crippen LogP contribution in [0.25, 0.3) is 22.1 Å². The maximum Gasteiger partial charge on any atom is 0.308 e. The van der Waals surface area contributed by atoms with Crippen LogP contribution in [0.5, 0.6) is 11.5 Å². The lowest BCUT2D eigenvalue weighted by Gasteiger charge is -2.04. The van der Waals surface area contributed by atoms with Crippen molar-refractivity contribution in [2.24, 2.45) is 0 Å². The molecule has 7 nitrogen and oxygen atoms in total. The number of esters is 1. The van der Waals surface area contributed by atoms with Crippen LogP contribution in [0.3, 0.4) is 0 Å². The van der Waals surface area contributed by atoms with Gasteiger partial charge in [0, 0.05) is 12.5 Å². The first-order valence-corrected chi connectivity index (χ1v) is 9.15. The molecule has 0 fully saturated rings. The molecule has 0 radical (unpaired) electrons. The Morgan fingerprint density at radius 2 is 1.84 bits per heavy atom. The fourth-order valence-corrected chi connectivity index (χ4v) is 2.96. The number of furan rings is 1. The Balaban J connectivity index is 2.24. The van der Waals surface area contributed by atoms with Gasteiger partial charge >= 0.3 is 5.97 Å². The molecule has 0 aliphatic heterocycles. The zero-order valence-corrected chi connectivity index (χ0v) is 14.3. The summed E-state index contributed by atoms with van der Waals surface area (Å²) in [4.78, 5) is 11.3. The van der Waals surface area contributed by atoms with Gasteiger partial charge in [-0.3, -0.25) is 9.52 Å². The number of anilines is 1. The van der Waals surface area contributed by atoms with Crippen LogP contribution in [0.1, 0.15) is 6.92 Å². The number of benzene rings is 2. The molecule has 1 aromatic heterocycles. The number of carbonyl (C=O) groups is 1. The van der Waals surface area contributed by atoms with Gasteiger partial charge in [-0.25, -0.2) is 8.42 Å². The lowest BCUT2D eigenvalue weighted by molar-refractivity contribution is -0.131. The van der Waals surface area contributed by atoms with Gasteiger partial charge in [0.05, 0.1) is 6.26 Å². The minimum atomic E-state index is -3.71.